The molecule has 0 spiro atoms. The Morgan fingerprint density at radius 3 is 0.800 bits per heavy atom. The molecule has 123 valence electrons. The Kier molecular flexibility index (Phi) is 18.0. The van der Waals surface area contributed by atoms with Crippen LogP contribution in [0.5, 0.6) is 0 Å². The molecule has 0 saturated carbocycles. The molecule has 0 radical (unpaired) electrons. The van der Waals surface area contributed by atoms with Gasteiger partial charge < -0.3 is 15.3 Å². The van der Waals surface area contributed by atoms with Crippen molar-refractivity contribution in [1.29, 1.82) is 0 Å². The van der Waals surface area contributed by atoms with Crippen LogP contribution >= 0.6 is 0 Å². The van der Waals surface area contributed by atoms with Crippen LogP contribution in [0, 0.1) is 4.20 Å². The van der Waals surface area contributed by atoms with Crippen LogP contribution in [0.1, 0.15) is 69.2 Å². The molecular formula is C15H33O4W. The molecule has 0 aliphatic carbocycles. The van der Waals surface area contributed by atoms with Gasteiger partial charge in [0.05, 0.1) is 16.8 Å². The van der Waals surface area contributed by atoms with E-state index in [2.05, 4.69) is 4.20 Å². The molecule has 0 unspecified atom stereocenters. The summed E-state index contributed by atoms with van der Waals surface area (Å²) in [5.74, 6) is 0.0417. The smallest absolute Gasteiger partial charge is 0.0563 e. The summed E-state index contributed by atoms with van der Waals surface area (Å²) in [4.78, 5) is 9.72. The quantitative estimate of drug-likeness (QED) is 0.518. The number of carbonyl (C=O) groups excluding carboxylic acids is 1. The van der Waals surface area contributed by atoms with Crippen molar-refractivity contribution in [2.75, 3.05) is 0 Å². The van der Waals surface area contributed by atoms with Crippen molar-refractivity contribution in [2.24, 2.45) is 0 Å². The van der Waals surface area contributed by atoms with Gasteiger partial charge in [0.2, 0.25) is 0 Å². The van der Waals surface area contributed by atoms with Crippen molar-refractivity contribution in [1.82, 2.24) is 0 Å². The molecule has 0 aliphatic rings. The first kappa shape index (κ1) is 28.2. The van der Waals surface area contributed by atoms with Gasteiger partial charge in [0.1, 0.15) is 0 Å². The maximum atomic E-state index is 9.72. The molecule has 0 bridgehead atoms. The monoisotopic (exact) mass is 461 g/mol. The molecule has 5 heteroatoms. The van der Waals surface area contributed by atoms with Crippen LogP contribution < -0.4 is 0 Å². The summed E-state index contributed by atoms with van der Waals surface area (Å²) in [7, 11) is 0. The van der Waals surface area contributed by atoms with Gasteiger partial charge in [-0.15, -0.1) is 0 Å². The molecule has 0 atom stereocenters. The molecule has 0 rings (SSSR count). The second-order valence-corrected chi connectivity index (χ2v) is 7.90. The van der Waals surface area contributed by atoms with Crippen molar-refractivity contribution in [3.63, 3.8) is 0 Å². The van der Waals surface area contributed by atoms with Crippen molar-refractivity contribution in [2.45, 2.75) is 86.0 Å². The maximum absolute atomic E-state index is 9.72. The summed E-state index contributed by atoms with van der Waals surface area (Å²) in [6, 6.07) is 0. The van der Waals surface area contributed by atoms with Gasteiger partial charge in [-0.1, -0.05) is 0 Å². The third-order valence-corrected chi connectivity index (χ3v) is 1.18. The number of hydrogen-bond acceptors (Lipinski definition) is 4. The summed E-state index contributed by atoms with van der Waals surface area (Å²) < 4.78 is 2.47. The second kappa shape index (κ2) is 12.7. The number of carbonyl (C=O) groups is 1. The van der Waals surface area contributed by atoms with Crippen LogP contribution in [0.4, 0.5) is 0 Å². The van der Waals surface area contributed by atoms with Gasteiger partial charge in [-0.05, 0) is 62.3 Å². The summed E-state index contributed by atoms with van der Waals surface area (Å²) in [5.41, 5.74) is -1.50. The average molecular weight is 461 g/mol. The largest absolute Gasteiger partial charge is 0.391 e. The Bertz CT molecular complexity index is 226. The molecule has 0 fully saturated rings. The van der Waals surface area contributed by atoms with E-state index in [1.54, 1.807) is 62.3 Å². The van der Waals surface area contributed by atoms with Crippen molar-refractivity contribution >= 4 is 5.78 Å². The van der Waals surface area contributed by atoms with Crippen molar-refractivity contribution in [3.8, 4) is 4.20 Å². The molecule has 0 aromatic heterocycles. The van der Waals surface area contributed by atoms with Gasteiger partial charge in [-0.3, -0.25) is 0 Å². The SMILES string of the molecule is CC(=O)[C]#[W].CC(C)(C)O.CC(C)(C)O.CC(C)(C)O. The Balaban J connectivity index is -0.0000000853. The standard InChI is InChI=1S/3C4H10O.C3H3O.W/c3*1-4(2,3)5;1-3(2)4;/h3*5H,1-3H3;1H3;. The summed E-state index contributed by atoms with van der Waals surface area (Å²) in [6.07, 6.45) is 0. The number of aliphatic hydroxyl groups is 3. The van der Waals surface area contributed by atoms with Crippen LogP contribution in [-0.4, -0.2) is 37.9 Å². The van der Waals surface area contributed by atoms with E-state index in [1.807, 2.05) is 0 Å². The topological polar surface area (TPSA) is 77.8 Å². The predicted molar refractivity (Wildman–Crippen MR) is 80.5 cm³/mol. The summed E-state index contributed by atoms with van der Waals surface area (Å²) in [5, 5.41) is 25.6. The second-order valence-electron chi connectivity index (χ2n) is 7.17. The summed E-state index contributed by atoms with van der Waals surface area (Å²) in [6.45, 7) is 17.2. The zero-order chi connectivity index (χ0) is 17.8. The minimum absolute atomic E-state index is 0.0417. The minimum Gasteiger partial charge on any atom is -0.391 e. The van der Waals surface area contributed by atoms with E-state index in [-0.39, 0.29) is 5.78 Å². The van der Waals surface area contributed by atoms with E-state index in [0.29, 0.717) is 0 Å². The first-order valence-electron chi connectivity index (χ1n) is 6.33. The van der Waals surface area contributed by atoms with Crippen LogP contribution in [0.2, 0.25) is 0 Å². The Morgan fingerprint density at radius 2 is 0.800 bits per heavy atom. The van der Waals surface area contributed by atoms with Crippen molar-refractivity contribution < 1.29 is 39.3 Å². The number of hydrogen-bond donors (Lipinski definition) is 3. The molecule has 0 heterocycles. The van der Waals surface area contributed by atoms with Crippen molar-refractivity contribution in [3.05, 3.63) is 0 Å². The van der Waals surface area contributed by atoms with Gasteiger partial charge in [0, 0.05) is 0 Å². The molecule has 0 saturated heterocycles. The fourth-order valence-corrected chi connectivity index (χ4v) is 0. The molecule has 20 heavy (non-hydrogen) atoms. The third-order valence-electron chi connectivity index (χ3n) is 0.144. The molecular weight excluding hydrogens is 428 g/mol. The first-order valence-corrected chi connectivity index (χ1v) is 7.80. The fourth-order valence-electron chi connectivity index (χ4n) is 0. The van der Waals surface area contributed by atoms with Crippen LogP contribution in [0.3, 0.4) is 0 Å². The number of Topliss-reactive ketones (excluding diaryl/α,β-unsaturated/α-hetero) is 1. The van der Waals surface area contributed by atoms with Gasteiger partial charge in [-0.2, -0.15) is 0 Å². The molecule has 4 nitrogen and oxygen atoms in total. The normalized spacial score (nSPS) is 10.4. The Morgan fingerprint density at radius 1 is 0.750 bits per heavy atom. The number of rotatable bonds is 0. The average Bonchev–Trinajstić information content (AvgIpc) is 1.93. The maximum Gasteiger partial charge on any atom is 0.0563 e. The van der Waals surface area contributed by atoms with Crippen LogP contribution in [-0.2, 0) is 23.9 Å². The molecule has 3 N–H and O–H groups in total. The van der Waals surface area contributed by atoms with Gasteiger partial charge in [-0.25, -0.2) is 0 Å². The minimum atomic E-state index is -0.500. The van der Waals surface area contributed by atoms with Crippen LogP contribution in [0.25, 0.3) is 0 Å². The Hall–Kier alpha value is 0.0183. The van der Waals surface area contributed by atoms with Gasteiger partial charge >= 0.3 is 40.9 Å². The third kappa shape index (κ3) is 1280. The van der Waals surface area contributed by atoms with E-state index < -0.39 is 16.8 Å². The Labute approximate surface area is 135 Å². The molecule has 0 aliphatic heterocycles. The van der Waals surface area contributed by atoms with E-state index in [4.69, 9.17) is 15.3 Å². The number of ketones is 1. The summed E-state index contributed by atoms with van der Waals surface area (Å²) >= 11 is 1.10. The zero-order valence-corrected chi connectivity index (χ0v) is 17.6. The van der Waals surface area contributed by atoms with Crippen LogP contribution in [0.15, 0.2) is 0 Å². The predicted octanol–water partition coefficient (Wildman–Crippen LogP) is 2.41. The molecule has 0 amide bonds. The van der Waals surface area contributed by atoms with Gasteiger partial charge in [0.15, 0.2) is 0 Å². The van der Waals surface area contributed by atoms with E-state index >= 15 is 0 Å². The molecule has 0 aromatic rings. The van der Waals surface area contributed by atoms with E-state index in [0.717, 1.165) is 19.2 Å². The molecule has 0 aromatic carbocycles. The first-order chi connectivity index (χ1) is 8.27. The zero-order valence-electron chi connectivity index (χ0n) is 14.7. The van der Waals surface area contributed by atoms with Gasteiger partial charge in [0.25, 0.3) is 0 Å². The van der Waals surface area contributed by atoms with E-state index in [1.165, 1.54) is 6.92 Å². The fraction of sp³-hybridized carbons (Fsp3) is 0.867. The van der Waals surface area contributed by atoms with E-state index in [9.17, 15) is 4.79 Å².